The van der Waals surface area contributed by atoms with Gasteiger partial charge < -0.3 is 14.0 Å². The van der Waals surface area contributed by atoms with Gasteiger partial charge in [-0.25, -0.2) is 0 Å². The van der Waals surface area contributed by atoms with E-state index in [1.165, 1.54) is 11.3 Å². The van der Waals surface area contributed by atoms with Crippen molar-refractivity contribution >= 4 is 39.4 Å². The first-order chi connectivity index (χ1) is 17.6. The summed E-state index contributed by atoms with van der Waals surface area (Å²) in [6, 6.07) is 17.3. The van der Waals surface area contributed by atoms with Crippen LogP contribution in [0.4, 0.5) is 5.13 Å². The van der Waals surface area contributed by atoms with Crippen molar-refractivity contribution in [1.29, 1.82) is 5.26 Å². The molecule has 8 nitrogen and oxygen atoms in total. The van der Waals surface area contributed by atoms with E-state index in [-0.39, 0.29) is 5.57 Å². The Morgan fingerprint density at radius 1 is 1.19 bits per heavy atom. The van der Waals surface area contributed by atoms with Gasteiger partial charge in [-0.3, -0.25) is 10.1 Å². The molecule has 2 heterocycles. The maximum atomic E-state index is 12.8. The molecule has 0 aliphatic rings. The van der Waals surface area contributed by atoms with E-state index in [0.29, 0.717) is 18.3 Å². The van der Waals surface area contributed by atoms with Crippen molar-refractivity contribution in [2.75, 3.05) is 19.0 Å². The summed E-state index contributed by atoms with van der Waals surface area (Å²) in [5.41, 5.74) is 1.76. The average Bonchev–Trinajstić information content (AvgIpc) is 3.50. The fraction of sp³-hybridized carbons (Fsp3) is 0.259. The molecular weight excluding hydrogens is 474 g/mol. The Kier molecular flexibility index (Phi) is 8.32. The van der Waals surface area contributed by atoms with Crippen LogP contribution in [0.25, 0.3) is 17.0 Å². The van der Waals surface area contributed by atoms with Gasteiger partial charge in [-0.1, -0.05) is 48.9 Å². The SMILES string of the molecule is CCCCc1nnc(NC(=O)C(C#N)=Cc2cn(CCOc3cccc(OC)c3)c3ccccc23)s1. The zero-order valence-corrected chi connectivity index (χ0v) is 21.0. The minimum Gasteiger partial charge on any atom is -0.497 e. The van der Waals surface area contributed by atoms with Crippen molar-refractivity contribution in [3.63, 3.8) is 0 Å². The van der Waals surface area contributed by atoms with Crippen LogP contribution >= 0.6 is 11.3 Å². The van der Waals surface area contributed by atoms with Crippen LogP contribution in [0.2, 0.25) is 0 Å². The van der Waals surface area contributed by atoms with Crippen LogP contribution in [0.3, 0.4) is 0 Å². The van der Waals surface area contributed by atoms with Gasteiger partial charge in [0.2, 0.25) is 5.13 Å². The molecule has 1 N–H and O–H groups in total. The summed E-state index contributed by atoms with van der Waals surface area (Å²) >= 11 is 1.33. The van der Waals surface area contributed by atoms with Gasteiger partial charge >= 0.3 is 0 Å². The van der Waals surface area contributed by atoms with Gasteiger partial charge in [0.1, 0.15) is 34.8 Å². The third-order valence-corrected chi connectivity index (χ3v) is 6.46. The predicted molar refractivity (Wildman–Crippen MR) is 141 cm³/mol. The molecule has 0 bridgehead atoms. The fourth-order valence-corrected chi connectivity index (χ4v) is 4.51. The number of aryl methyl sites for hydroxylation is 1. The molecule has 2 aromatic heterocycles. The van der Waals surface area contributed by atoms with Gasteiger partial charge in [-0.05, 0) is 30.7 Å². The van der Waals surface area contributed by atoms with Crippen LogP contribution in [0, 0.1) is 11.3 Å². The minimum atomic E-state index is -0.506. The molecule has 0 saturated carbocycles. The summed E-state index contributed by atoms with van der Waals surface area (Å²) in [5, 5.41) is 22.7. The Morgan fingerprint density at radius 3 is 2.83 bits per heavy atom. The van der Waals surface area contributed by atoms with Gasteiger partial charge in [0.05, 0.1) is 13.7 Å². The number of nitrogens with one attached hydrogen (secondary N) is 1. The lowest BCUT2D eigenvalue weighted by Gasteiger charge is -2.09. The van der Waals surface area contributed by atoms with Crippen molar-refractivity contribution in [3.8, 4) is 17.6 Å². The van der Waals surface area contributed by atoms with E-state index in [1.807, 2.05) is 60.8 Å². The third kappa shape index (κ3) is 6.09. The lowest BCUT2D eigenvalue weighted by Crippen LogP contribution is -2.13. The first-order valence-electron chi connectivity index (χ1n) is 11.7. The van der Waals surface area contributed by atoms with Crippen LogP contribution in [0.15, 0.2) is 60.3 Å². The summed E-state index contributed by atoms with van der Waals surface area (Å²) in [6.07, 6.45) is 6.43. The second-order valence-electron chi connectivity index (χ2n) is 8.05. The fourth-order valence-electron chi connectivity index (χ4n) is 3.73. The van der Waals surface area contributed by atoms with E-state index < -0.39 is 5.91 Å². The van der Waals surface area contributed by atoms with Crippen molar-refractivity contribution < 1.29 is 14.3 Å². The smallest absolute Gasteiger partial charge is 0.268 e. The highest BCUT2D eigenvalue weighted by Gasteiger charge is 2.15. The number of ether oxygens (including phenoxy) is 2. The van der Waals surface area contributed by atoms with Gasteiger partial charge in [0.25, 0.3) is 5.91 Å². The third-order valence-electron chi connectivity index (χ3n) is 5.56. The van der Waals surface area contributed by atoms with Crippen LogP contribution in [-0.2, 0) is 17.8 Å². The molecule has 2 aromatic carbocycles. The van der Waals surface area contributed by atoms with Crippen LogP contribution in [0.5, 0.6) is 11.5 Å². The summed E-state index contributed by atoms with van der Waals surface area (Å²) < 4.78 is 13.2. The summed E-state index contributed by atoms with van der Waals surface area (Å²) in [4.78, 5) is 12.8. The number of methoxy groups -OCH3 is 1. The lowest BCUT2D eigenvalue weighted by molar-refractivity contribution is -0.112. The van der Waals surface area contributed by atoms with Gasteiger partial charge in [-0.2, -0.15) is 5.26 Å². The Morgan fingerprint density at radius 2 is 2.03 bits per heavy atom. The number of aromatic nitrogens is 3. The zero-order valence-electron chi connectivity index (χ0n) is 20.2. The van der Waals surface area contributed by atoms with E-state index in [2.05, 4.69) is 27.0 Å². The molecule has 0 aliphatic carbocycles. The highest BCUT2D eigenvalue weighted by atomic mass is 32.1. The Balaban J connectivity index is 1.49. The van der Waals surface area contributed by atoms with E-state index in [0.717, 1.165) is 52.2 Å². The minimum absolute atomic E-state index is 0.00385. The van der Waals surface area contributed by atoms with Crippen molar-refractivity contribution in [2.24, 2.45) is 0 Å². The Hall–Kier alpha value is -4.16. The monoisotopic (exact) mass is 501 g/mol. The summed E-state index contributed by atoms with van der Waals surface area (Å²) in [7, 11) is 1.62. The van der Waals surface area contributed by atoms with Crippen LogP contribution < -0.4 is 14.8 Å². The molecule has 0 saturated heterocycles. The number of carbonyl (C=O) groups excluding carboxylic acids is 1. The molecule has 0 aliphatic heterocycles. The lowest BCUT2D eigenvalue weighted by atomic mass is 10.1. The van der Waals surface area contributed by atoms with Crippen molar-refractivity contribution in [3.05, 3.63) is 70.9 Å². The molecule has 36 heavy (non-hydrogen) atoms. The number of rotatable bonds is 11. The van der Waals surface area contributed by atoms with Crippen LogP contribution in [0.1, 0.15) is 30.3 Å². The summed E-state index contributed by atoms with van der Waals surface area (Å²) in [6.45, 7) is 3.14. The maximum Gasteiger partial charge on any atom is 0.268 e. The van der Waals surface area contributed by atoms with Crippen molar-refractivity contribution in [1.82, 2.24) is 14.8 Å². The normalized spacial score (nSPS) is 11.3. The van der Waals surface area contributed by atoms with E-state index in [9.17, 15) is 10.1 Å². The molecule has 4 rings (SSSR count). The molecule has 0 fully saturated rings. The highest BCUT2D eigenvalue weighted by Crippen LogP contribution is 2.25. The van der Waals surface area contributed by atoms with Gasteiger partial charge in [0.15, 0.2) is 0 Å². The largest absolute Gasteiger partial charge is 0.497 e. The maximum absolute atomic E-state index is 12.8. The molecule has 4 aromatic rings. The van der Waals surface area contributed by atoms with E-state index >= 15 is 0 Å². The molecule has 0 atom stereocenters. The molecule has 9 heteroatoms. The zero-order chi connectivity index (χ0) is 25.3. The number of benzene rings is 2. The van der Waals surface area contributed by atoms with E-state index in [4.69, 9.17) is 9.47 Å². The average molecular weight is 502 g/mol. The highest BCUT2D eigenvalue weighted by molar-refractivity contribution is 7.15. The van der Waals surface area contributed by atoms with Gasteiger partial charge in [0, 0.05) is 35.2 Å². The number of hydrogen-bond donors (Lipinski definition) is 1. The van der Waals surface area contributed by atoms with Crippen LogP contribution in [-0.4, -0.2) is 34.4 Å². The standard InChI is InChI=1S/C27H27N5O3S/c1-3-4-12-25-30-31-27(36-25)29-26(33)19(17-28)15-20-18-32(24-11-6-5-10-23(20)24)13-14-35-22-9-7-8-21(16-22)34-2/h5-11,15-16,18H,3-4,12-14H2,1-2H3,(H,29,31,33). The molecule has 0 radical (unpaired) electrons. The quantitative estimate of drug-likeness (QED) is 0.216. The molecule has 1 amide bonds. The number of unbranched alkanes of at least 4 members (excludes halogenated alkanes) is 1. The number of para-hydroxylation sites is 1. The number of anilines is 1. The number of carbonyl (C=O) groups is 1. The molecule has 184 valence electrons. The molecular formula is C27H27N5O3S. The predicted octanol–water partition coefficient (Wildman–Crippen LogP) is 5.47. The Labute approximate surface area is 213 Å². The second kappa shape index (κ2) is 12.0. The Bertz CT molecular complexity index is 1420. The first kappa shape index (κ1) is 24.9. The van der Waals surface area contributed by atoms with Gasteiger partial charge in [-0.15, -0.1) is 10.2 Å². The number of hydrogen-bond acceptors (Lipinski definition) is 7. The molecule has 0 spiro atoms. The number of nitriles is 1. The molecule has 0 unspecified atom stereocenters. The summed E-state index contributed by atoms with van der Waals surface area (Å²) in [5.74, 6) is 0.956. The first-order valence-corrected chi connectivity index (χ1v) is 12.5. The number of amides is 1. The van der Waals surface area contributed by atoms with Crippen molar-refractivity contribution in [2.45, 2.75) is 32.7 Å². The number of nitrogens with zero attached hydrogens (tertiary/aromatic N) is 4. The topological polar surface area (TPSA) is 102 Å². The number of fused-ring (bicyclic) bond motifs is 1. The van der Waals surface area contributed by atoms with E-state index in [1.54, 1.807) is 13.2 Å². The second-order valence-corrected chi connectivity index (χ2v) is 9.11.